The van der Waals surface area contributed by atoms with Crippen molar-refractivity contribution in [2.24, 2.45) is 5.73 Å². The number of carbonyl (C=O) groups is 2. The third-order valence-corrected chi connectivity index (χ3v) is 5.85. The molecule has 0 fully saturated rings. The van der Waals surface area contributed by atoms with Crippen molar-refractivity contribution in [2.75, 3.05) is 30.8 Å². The van der Waals surface area contributed by atoms with Gasteiger partial charge in [-0.15, -0.1) is 0 Å². The van der Waals surface area contributed by atoms with Crippen molar-refractivity contribution in [3.8, 4) is 0 Å². The van der Waals surface area contributed by atoms with Gasteiger partial charge in [-0.05, 0) is 48.7 Å². The number of hydrogen-bond donors (Lipinski definition) is 4. The molecular formula is C25H29N7O2. The molecule has 0 bridgehead atoms. The molecule has 4 rings (SSSR count). The number of hydrogen-bond acceptors (Lipinski definition) is 7. The number of benzene rings is 2. The van der Waals surface area contributed by atoms with Crippen LogP contribution in [0.5, 0.6) is 0 Å². The molecule has 1 aliphatic heterocycles. The highest BCUT2D eigenvalue weighted by Crippen LogP contribution is 2.26. The molecule has 0 aliphatic carbocycles. The Morgan fingerprint density at radius 1 is 1.12 bits per heavy atom. The molecule has 176 valence electrons. The number of anilines is 4. The Kier molecular flexibility index (Phi) is 7.03. The minimum atomic E-state index is -0.269. The first-order valence-corrected chi connectivity index (χ1v) is 11.2. The maximum Gasteiger partial charge on any atom is 0.253 e. The van der Waals surface area contributed by atoms with Crippen molar-refractivity contribution >= 4 is 35.0 Å². The van der Waals surface area contributed by atoms with Crippen molar-refractivity contribution in [1.29, 1.82) is 0 Å². The third kappa shape index (κ3) is 5.49. The van der Waals surface area contributed by atoms with Crippen molar-refractivity contribution in [1.82, 2.24) is 20.2 Å². The minimum Gasteiger partial charge on any atom is -0.370 e. The minimum absolute atomic E-state index is 0.171. The van der Waals surface area contributed by atoms with Gasteiger partial charge in [-0.25, -0.2) is 4.98 Å². The van der Waals surface area contributed by atoms with Crippen LogP contribution in [0.25, 0.3) is 0 Å². The SMILES string of the molecule is CNC(=O)c1ccccc1Nc1nc(Nc2ccc3c(c2)CCN(CCC(N)=O)C3)ncc1C. The maximum atomic E-state index is 12.2. The average molecular weight is 460 g/mol. The van der Waals surface area contributed by atoms with Crippen molar-refractivity contribution < 1.29 is 9.59 Å². The summed E-state index contributed by atoms with van der Waals surface area (Å²) in [6.45, 7) is 4.30. The lowest BCUT2D eigenvalue weighted by Gasteiger charge is -2.28. The number of aromatic nitrogens is 2. The van der Waals surface area contributed by atoms with Gasteiger partial charge in [0.2, 0.25) is 11.9 Å². The molecule has 0 unspecified atom stereocenters. The van der Waals surface area contributed by atoms with Crippen LogP contribution >= 0.6 is 0 Å². The summed E-state index contributed by atoms with van der Waals surface area (Å²) in [6, 6.07) is 13.5. The number of nitrogens with zero attached hydrogens (tertiary/aromatic N) is 3. The lowest BCUT2D eigenvalue weighted by molar-refractivity contribution is -0.118. The van der Waals surface area contributed by atoms with Crippen LogP contribution in [-0.2, 0) is 17.8 Å². The molecule has 2 heterocycles. The van der Waals surface area contributed by atoms with Gasteiger partial charge < -0.3 is 21.7 Å². The van der Waals surface area contributed by atoms with E-state index in [4.69, 9.17) is 5.73 Å². The molecule has 0 saturated heterocycles. The number of carbonyl (C=O) groups excluding carboxylic acids is 2. The van der Waals surface area contributed by atoms with Gasteiger partial charge in [0.25, 0.3) is 5.91 Å². The first-order valence-electron chi connectivity index (χ1n) is 11.2. The normalized spacial score (nSPS) is 13.1. The van der Waals surface area contributed by atoms with Gasteiger partial charge >= 0.3 is 0 Å². The zero-order valence-corrected chi connectivity index (χ0v) is 19.4. The molecule has 2 amide bonds. The monoisotopic (exact) mass is 459 g/mol. The number of rotatable bonds is 8. The van der Waals surface area contributed by atoms with Crippen LogP contribution in [0.1, 0.15) is 33.5 Å². The fourth-order valence-corrected chi connectivity index (χ4v) is 3.96. The summed E-state index contributed by atoms with van der Waals surface area (Å²) in [7, 11) is 1.61. The Morgan fingerprint density at radius 3 is 2.74 bits per heavy atom. The van der Waals surface area contributed by atoms with E-state index >= 15 is 0 Å². The highest BCUT2D eigenvalue weighted by atomic mass is 16.1. The first-order chi connectivity index (χ1) is 16.4. The van der Waals surface area contributed by atoms with Crippen LogP contribution in [0.15, 0.2) is 48.7 Å². The average Bonchev–Trinajstić information content (AvgIpc) is 2.84. The number of nitrogens with two attached hydrogens (primary N) is 1. The van der Waals surface area contributed by atoms with Crippen LogP contribution in [0, 0.1) is 6.92 Å². The van der Waals surface area contributed by atoms with E-state index in [0.717, 1.165) is 30.8 Å². The van der Waals surface area contributed by atoms with Gasteiger partial charge in [-0.3, -0.25) is 14.5 Å². The summed E-state index contributed by atoms with van der Waals surface area (Å²) in [5.41, 5.74) is 10.8. The second kappa shape index (κ2) is 10.3. The fourth-order valence-electron chi connectivity index (χ4n) is 3.96. The summed E-state index contributed by atoms with van der Waals surface area (Å²) in [4.78, 5) is 34.6. The topological polar surface area (TPSA) is 125 Å². The molecule has 0 atom stereocenters. The van der Waals surface area contributed by atoms with E-state index < -0.39 is 0 Å². The quantitative estimate of drug-likeness (QED) is 0.408. The van der Waals surface area contributed by atoms with Gasteiger partial charge in [0, 0.05) is 50.6 Å². The van der Waals surface area contributed by atoms with Crippen molar-refractivity contribution in [3.63, 3.8) is 0 Å². The maximum absolute atomic E-state index is 12.2. The molecule has 5 N–H and O–H groups in total. The Hall–Kier alpha value is -3.98. The molecule has 3 aromatic rings. The number of para-hydroxylation sites is 1. The molecule has 9 nitrogen and oxygen atoms in total. The van der Waals surface area contributed by atoms with E-state index in [1.807, 2.05) is 31.2 Å². The molecule has 0 radical (unpaired) electrons. The molecule has 0 spiro atoms. The molecule has 0 saturated carbocycles. The smallest absolute Gasteiger partial charge is 0.253 e. The highest BCUT2D eigenvalue weighted by molar-refractivity contribution is 6.00. The standard InChI is InChI=1S/C25H29N7O2/c1-16-14-28-25(31-23(16)30-21-6-4-3-5-20(21)24(34)27-2)29-19-8-7-18-15-32(12-10-22(26)33)11-9-17(18)13-19/h3-8,13-14H,9-12,15H2,1-2H3,(H2,26,33)(H,27,34)(H2,28,29,30,31). The lowest BCUT2D eigenvalue weighted by atomic mass is 9.99. The Morgan fingerprint density at radius 2 is 1.94 bits per heavy atom. The van der Waals surface area contributed by atoms with Gasteiger partial charge in [0.05, 0.1) is 11.3 Å². The lowest BCUT2D eigenvalue weighted by Crippen LogP contribution is -2.33. The van der Waals surface area contributed by atoms with E-state index in [2.05, 4.69) is 43.0 Å². The third-order valence-electron chi connectivity index (χ3n) is 5.85. The zero-order valence-electron chi connectivity index (χ0n) is 19.4. The van der Waals surface area contributed by atoms with Crippen LogP contribution in [0.3, 0.4) is 0 Å². The number of fused-ring (bicyclic) bond motifs is 1. The molecular weight excluding hydrogens is 430 g/mol. The summed E-state index contributed by atoms with van der Waals surface area (Å²) in [6.07, 6.45) is 3.03. The van der Waals surface area contributed by atoms with Crippen LogP contribution in [0.2, 0.25) is 0 Å². The van der Waals surface area contributed by atoms with Crippen molar-refractivity contribution in [3.05, 3.63) is 70.9 Å². The van der Waals surface area contributed by atoms with Crippen LogP contribution in [0.4, 0.5) is 23.1 Å². The van der Waals surface area contributed by atoms with E-state index in [0.29, 0.717) is 36.0 Å². The molecule has 2 aromatic carbocycles. The van der Waals surface area contributed by atoms with E-state index in [9.17, 15) is 9.59 Å². The van der Waals surface area contributed by atoms with Gasteiger partial charge in [-0.1, -0.05) is 18.2 Å². The Balaban J connectivity index is 1.48. The fraction of sp³-hybridized carbons (Fsp3) is 0.280. The summed E-state index contributed by atoms with van der Waals surface area (Å²) < 4.78 is 0. The Labute approximate surface area is 198 Å². The predicted molar refractivity (Wildman–Crippen MR) is 132 cm³/mol. The number of amides is 2. The van der Waals surface area contributed by atoms with Crippen LogP contribution in [-0.4, -0.2) is 46.8 Å². The predicted octanol–water partition coefficient (Wildman–Crippen LogP) is 2.87. The summed E-state index contributed by atoms with van der Waals surface area (Å²) >= 11 is 0. The highest BCUT2D eigenvalue weighted by Gasteiger charge is 2.17. The summed E-state index contributed by atoms with van der Waals surface area (Å²) in [5.74, 6) is 0.645. The van der Waals surface area contributed by atoms with Crippen LogP contribution < -0.4 is 21.7 Å². The Bertz CT molecular complexity index is 1210. The summed E-state index contributed by atoms with van der Waals surface area (Å²) in [5, 5.41) is 9.22. The zero-order chi connectivity index (χ0) is 24.1. The van der Waals surface area contributed by atoms with Gasteiger partial charge in [-0.2, -0.15) is 4.98 Å². The van der Waals surface area contributed by atoms with Gasteiger partial charge in [0.1, 0.15) is 5.82 Å². The molecule has 1 aromatic heterocycles. The number of aryl methyl sites for hydroxylation is 1. The van der Waals surface area contributed by atoms with Gasteiger partial charge in [0.15, 0.2) is 0 Å². The molecule has 1 aliphatic rings. The first kappa shape index (κ1) is 23.2. The molecule has 9 heteroatoms. The molecule has 34 heavy (non-hydrogen) atoms. The largest absolute Gasteiger partial charge is 0.370 e. The van der Waals surface area contributed by atoms with Crippen molar-refractivity contribution in [2.45, 2.75) is 26.3 Å². The number of primary amides is 1. The van der Waals surface area contributed by atoms with E-state index in [1.54, 1.807) is 19.3 Å². The second-order valence-corrected chi connectivity index (χ2v) is 8.33. The number of nitrogens with one attached hydrogen (secondary N) is 3. The second-order valence-electron chi connectivity index (χ2n) is 8.33. The van der Waals surface area contributed by atoms with E-state index in [-0.39, 0.29) is 11.8 Å². The van der Waals surface area contributed by atoms with E-state index in [1.165, 1.54) is 11.1 Å².